The van der Waals surface area contributed by atoms with E-state index in [0.717, 1.165) is 4.88 Å². The minimum absolute atomic E-state index is 0.0627. The molecule has 0 bridgehead atoms. The lowest BCUT2D eigenvalue weighted by molar-refractivity contribution is -0.135. The van der Waals surface area contributed by atoms with Crippen molar-refractivity contribution < 1.29 is 14.0 Å². The second kappa shape index (κ2) is 8.80. The van der Waals surface area contributed by atoms with E-state index < -0.39 is 5.82 Å². The van der Waals surface area contributed by atoms with Crippen LogP contribution in [0.3, 0.4) is 0 Å². The molecule has 0 spiro atoms. The molecule has 7 heteroatoms. The molecule has 128 valence electrons. The van der Waals surface area contributed by atoms with E-state index in [1.165, 1.54) is 23.1 Å². The van der Waals surface area contributed by atoms with Gasteiger partial charge in [0.1, 0.15) is 5.82 Å². The molecule has 1 N–H and O–H groups in total. The SMILES string of the molecule is CCN(CC(=O)NCc1cccs1)C(=O)Cc1c(F)cccc1Cl. The second-order valence-corrected chi connectivity index (χ2v) is 6.58. The van der Waals surface area contributed by atoms with Crippen molar-refractivity contribution in [1.29, 1.82) is 0 Å². The third-order valence-electron chi connectivity index (χ3n) is 3.50. The van der Waals surface area contributed by atoms with Crippen LogP contribution in [-0.2, 0) is 22.6 Å². The number of carbonyl (C=O) groups is 2. The Hall–Kier alpha value is -1.92. The van der Waals surface area contributed by atoms with Gasteiger partial charge in [-0.25, -0.2) is 4.39 Å². The summed E-state index contributed by atoms with van der Waals surface area (Å²) >= 11 is 7.49. The molecule has 0 aliphatic heterocycles. The van der Waals surface area contributed by atoms with Gasteiger partial charge in [0.2, 0.25) is 11.8 Å². The zero-order valence-corrected chi connectivity index (χ0v) is 14.8. The summed E-state index contributed by atoms with van der Waals surface area (Å²) < 4.78 is 13.8. The normalized spacial score (nSPS) is 10.5. The molecule has 2 aromatic rings. The Bertz CT molecular complexity index is 686. The van der Waals surface area contributed by atoms with Crippen LogP contribution in [0, 0.1) is 5.82 Å². The molecule has 24 heavy (non-hydrogen) atoms. The molecule has 0 atom stereocenters. The van der Waals surface area contributed by atoms with Crippen molar-refractivity contribution in [3.05, 3.63) is 57.0 Å². The van der Waals surface area contributed by atoms with Crippen LogP contribution in [0.25, 0.3) is 0 Å². The van der Waals surface area contributed by atoms with E-state index in [1.807, 2.05) is 17.5 Å². The summed E-state index contributed by atoms with van der Waals surface area (Å²) in [5.74, 6) is -1.11. The van der Waals surface area contributed by atoms with Crippen molar-refractivity contribution in [3.63, 3.8) is 0 Å². The number of thiophene rings is 1. The van der Waals surface area contributed by atoms with Crippen molar-refractivity contribution in [2.24, 2.45) is 0 Å². The molecule has 2 rings (SSSR count). The van der Waals surface area contributed by atoms with E-state index in [9.17, 15) is 14.0 Å². The molecule has 0 radical (unpaired) electrons. The fourth-order valence-corrected chi connectivity index (χ4v) is 3.04. The van der Waals surface area contributed by atoms with Crippen LogP contribution in [0.1, 0.15) is 17.4 Å². The number of nitrogens with zero attached hydrogens (tertiary/aromatic N) is 1. The Morgan fingerprint density at radius 3 is 2.71 bits per heavy atom. The highest BCUT2D eigenvalue weighted by Crippen LogP contribution is 2.20. The fraction of sp³-hybridized carbons (Fsp3) is 0.294. The number of amides is 2. The third-order valence-corrected chi connectivity index (χ3v) is 4.73. The number of rotatable bonds is 7. The Balaban J connectivity index is 1.92. The number of likely N-dealkylation sites (N-methyl/N-ethyl adjacent to an activating group) is 1. The van der Waals surface area contributed by atoms with E-state index in [0.29, 0.717) is 13.1 Å². The summed E-state index contributed by atoms with van der Waals surface area (Å²) in [5, 5.41) is 4.91. The zero-order valence-electron chi connectivity index (χ0n) is 13.2. The van der Waals surface area contributed by atoms with Gasteiger partial charge >= 0.3 is 0 Å². The predicted octanol–water partition coefficient (Wildman–Crippen LogP) is 3.25. The van der Waals surface area contributed by atoms with E-state index in [1.54, 1.807) is 18.3 Å². The molecular weight excluding hydrogens is 351 g/mol. The van der Waals surface area contributed by atoms with Crippen LogP contribution in [0.15, 0.2) is 35.7 Å². The van der Waals surface area contributed by atoms with E-state index in [-0.39, 0.29) is 35.4 Å². The molecule has 1 aromatic carbocycles. The van der Waals surface area contributed by atoms with Gasteiger partial charge in [-0.05, 0) is 30.5 Å². The Kier molecular flexibility index (Phi) is 6.75. The highest BCUT2D eigenvalue weighted by Gasteiger charge is 2.19. The Labute approximate surface area is 149 Å². The maximum Gasteiger partial charge on any atom is 0.239 e. The molecule has 0 aliphatic carbocycles. The number of hydrogen-bond donors (Lipinski definition) is 1. The monoisotopic (exact) mass is 368 g/mol. The van der Waals surface area contributed by atoms with Crippen LogP contribution in [-0.4, -0.2) is 29.8 Å². The van der Waals surface area contributed by atoms with Gasteiger partial charge in [-0.3, -0.25) is 9.59 Å². The maximum absolute atomic E-state index is 13.8. The van der Waals surface area contributed by atoms with Gasteiger partial charge in [-0.15, -0.1) is 11.3 Å². The molecule has 0 unspecified atom stereocenters. The first-order valence-electron chi connectivity index (χ1n) is 7.51. The summed E-state index contributed by atoms with van der Waals surface area (Å²) in [4.78, 5) is 26.8. The maximum atomic E-state index is 13.8. The van der Waals surface area contributed by atoms with Crippen molar-refractivity contribution in [1.82, 2.24) is 10.2 Å². The predicted molar refractivity (Wildman–Crippen MR) is 93.5 cm³/mol. The standard InChI is InChI=1S/C17H18ClFN2O2S/c1-2-21(11-16(22)20-10-12-5-4-8-24-12)17(23)9-13-14(18)6-3-7-15(13)19/h3-8H,2,9-11H2,1H3,(H,20,22). The largest absolute Gasteiger partial charge is 0.350 e. The molecule has 0 saturated heterocycles. The first-order chi connectivity index (χ1) is 11.5. The van der Waals surface area contributed by atoms with Gasteiger partial charge in [-0.1, -0.05) is 23.7 Å². The number of halogens is 2. The van der Waals surface area contributed by atoms with Gasteiger partial charge in [0.05, 0.1) is 19.5 Å². The zero-order chi connectivity index (χ0) is 17.5. The molecule has 0 saturated carbocycles. The van der Waals surface area contributed by atoms with Gasteiger partial charge < -0.3 is 10.2 Å². The van der Waals surface area contributed by atoms with E-state index in [2.05, 4.69) is 5.32 Å². The average molecular weight is 369 g/mol. The number of nitrogens with one attached hydrogen (secondary N) is 1. The first kappa shape index (κ1) is 18.4. The van der Waals surface area contributed by atoms with Crippen LogP contribution in [0.5, 0.6) is 0 Å². The third kappa shape index (κ3) is 5.04. The summed E-state index contributed by atoms with van der Waals surface area (Å²) in [7, 11) is 0. The summed E-state index contributed by atoms with van der Waals surface area (Å²) in [5.41, 5.74) is 0.154. The fourth-order valence-electron chi connectivity index (χ4n) is 2.17. The lowest BCUT2D eigenvalue weighted by Gasteiger charge is -2.20. The molecule has 2 amide bonds. The molecule has 4 nitrogen and oxygen atoms in total. The Morgan fingerprint density at radius 2 is 2.08 bits per heavy atom. The highest BCUT2D eigenvalue weighted by atomic mass is 35.5. The van der Waals surface area contributed by atoms with Gasteiger partial charge in [0, 0.05) is 22.0 Å². The average Bonchev–Trinajstić information content (AvgIpc) is 3.07. The lowest BCUT2D eigenvalue weighted by Crippen LogP contribution is -2.41. The molecule has 0 aliphatic rings. The molecule has 0 fully saturated rings. The van der Waals surface area contributed by atoms with Crippen molar-refractivity contribution in [3.8, 4) is 0 Å². The van der Waals surface area contributed by atoms with Gasteiger partial charge in [-0.2, -0.15) is 0 Å². The molecule has 1 heterocycles. The van der Waals surface area contributed by atoms with Crippen LogP contribution in [0.2, 0.25) is 5.02 Å². The topological polar surface area (TPSA) is 49.4 Å². The van der Waals surface area contributed by atoms with Gasteiger partial charge in [0.15, 0.2) is 0 Å². The minimum atomic E-state index is -0.519. The first-order valence-corrected chi connectivity index (χ1v) is 8.76. The summed E-state index contributed by atoms with van der Waals surface area (Å²) in [6, 6.07) is 8.12. The van der Waals surface area contributed by atoms with E-state index in [4.69, 9.17) is 11.6 Å². The highest BCUT2D eigenvalue weighted by molar-refractivity contribution is 7.09. The quantitative estimate of drug-likeness (QED) is 0.815. The summed E-state index contributed by atoms with van der Waals surface area (Å²) in [6.07, 6.45) is -0.169. The van der Waals surface area contributed by atoms with Crippen molar-refractivity contribution in [2.45, 2.75) is 19.9 Å². The lowest BCUT2D eigenvalue weighted by atomic mass is 10.1. The van der Waals surface area contributed by atoms with Crippen LogP contribution >= 0.6 is 22.9 Å². The number of carbonyl (C=O) groups excluding carboxylic acids is 2. The molecular formula is C17H18ClFN2O2S. The van der Waals surface area contributed by atoms with Crippen LogP contribution in [0.4, 0.5) is 4.39 Å². The van der Waals surface area contributed by atoms with Crippen molar-refractivity contribution in [2.75, 3.05) is 13.1 Å². The second-order valence-electron chi connectivity index (χ2n) is 5.14. The van der Waals surface area contributed by atoms with Crippen molar-refractivity contribution >= 4 is 34.8 Å². The Morgan fingerprint density at radius 1 is 1.29 bits per heavy atom. The van der Waals surface area contributed by atoms with E-state index >= 15 is 0 Å². The number of benzene rings is 1. The smallest absolute Gasteiger partial charge is 0.239 e. The van der Waals surface area contributed by atoms with Gasteiger partial charge in [0.25, 0.3) is 0 Å². The number of hydrogen-bond acceptors (Lipinski definition) is 3. The summed E-state index contributed by atoms with van der Waals surface area (Å²) in [6.45, 7) is 2.50. The van der Waals surface area contributed by atoms with Crippen LogP contribution < -0.4 is 5.32 Å². The minimum Gasteiger partial charge on any atom is -0.350 e. The molecule has 1 aromatic heterocycles.